The molecule has 0 amide bonds. The van der Waals surface area contributed by atoms with E-state index >= 15 is 0 Å². The minimum atomic E-state index is -4.01. The summed E-state index contributed by atoms with van der Waals surface area (Å²) in [4.78, 5) is 13.4. The highest BCUT2D eigenvalue weighted by atomic mass is 35.5. The third-order valence-electron chi connectivity index (χ3n) is 4.12. The number of rotatable bonds is 10. The van der Waals surface area contributed by atoms with Crippen molar-refractivity contribution < 1.29 is 13.3 Å². The maximum atomic E-state index is 12.6. The van der Waals surface area contributed by atoms with Gasteiger partial charge in [-0.2, -0.15) is 0 Å². The lowest BCUT2D eigenvalue weighted by Gasteiger charge is -2.17. The molecule has 152 valence electrons. The van der Waals surface area contributed by atoms with Gasteiger partial charge in [0, 0.05) is 18.4 Å². The van der Waals surface area contributed by atoms with E-state index in [-0.39, 0.29) is 21.3 Å². The van der Waals surface area contributed by atoms with E-state index in [1.807, 2.05) is 0 Å². The first-order valence-electron chi connectivity index (χ1n) is 8.69. The molecule has 2 aromatic carbocycles. The average Bonchev–Trinajstić information content (AvgIpc) is 2.67. The van der Waals surface area contributed by atoms with Crippen molar-refractivity contribution in [2.24, 2.45) is 0 Å². The van der Waals surface area contributed by atoms with Crippen LogP contribution in [-0.2, 0) is 10.0 Å². The molecule has 2 rings (SSSR count). The molecule has 0 aliphatic heterocycles. The van der Waals surface area contributed by atoms with Crippen LogP contribution < -0.4 is 4.72 Å². The Kier molecular flexibility index (Phi) is 8.11. The third kappa shape index (κ3) is 5.84. The van der Waals surface area contributed by atoms with Crippen LogP contribution in [0.3, 0.4) is 0 Å². The number of nitrogens with one attached hydrogen (secondary N) is 1. The number of hydrogen-bond acceptors (Lipinski definition) is 6. The first-order valence-corrected chi connectivity index (χ1v) is 11.5. The van der Waals surface area contributed by atoms with Crippen LogP contribution in [0.4, 0.5) is 11.4 Å². The van der Waals surface area contributed by atoms with Gasteiger partial charge in [0.15, 0.2) is 0 Å². The Labute approximate surface area is 174 Å². The van der Waals surface area contributed by atoms with Crippen LogP contribution in [0.1, 0.15) is 13.8 Å². The van der Waals surface area contributed by atoms with Crippen LogP contribution in [0.2, 0.25) is 5.02 Å². The lowest BCUT2D eigenvalue weighted by atomic mass is 10.3. The summed E-state index contributed by atoms with van der Waals surface area (Å²) >= 11 is 7.33. The molecule has 1 N–H and O–H groups in total. The van der Waals surface area contributed by atoms with E-state index < -0.39 is 14.9 Å². The van der Waals surface area contributed by atoms with Gasteiger partial charge in [-0.25, -0.2) is 8.42 Å². The average molecular weight is 444 g/mol. The maximum Gasteiger partial charge on any atom is 0.284 e. The highest BCUT2D eigenvalue weighted by molar-refractivity contribution is 7.99. The molecule has 7 nitrogen and oxygen atoms in total. The summed E-state index contributed by atoms with van der Waals surface area (Å²) in [5, 5.41) is 11.7. The number of thioether (sulfide) groups is 1. The van der Waals surface area contributed by atoms with Crippen molar-refractivity contribution in [2.75, 3.05) is 30.1 Å². The van der Waals surface area contributed by atoms with Crippen LogP contribution in [0.25, 0.3) is 0 Å². The molecule has 0 heterocycles. The second-order valence-corrected chi connectivity index (χ2v) is 9.07. The Bertz CT molecular complexity index is 934. The molecule has 0 fully saturated rings. The Balaban J connectivity index is 2.23. The van der Waals surface area contributed by atoms with Crippen molar-refractivity contribution >= 4 is 44.8 Å². The molecule has 0 saturated carbocycles. The van der Waals surface area contributed by atoms with Gasteiger partial charge >= 0.3 is 0 Å². The van der Waals surface area contributed by atoms with Gasteiger partial charge in [0.1, 0.15) is 0 Å². The molecule has 0 unspecified atom stereocenters. The van der Waals surface area contributed by atoms with E-state index in [4.69, 9.17) is 11.6 Å². The first kappa shape index (κ1) is 22.5. The molecule has 0 bridgehead atoms. The number of benzene rings is 2. The molecule has 0 saturated heterocycles. The van der Waals surface area contributed by atoms with E-state index in [0.29, 0.717) is 10.6 Å². The Morgan fingerprint density at radius 3 is 2.46 bits per heavy atom. The minimum absolute atomic E-state index is 0.188. The van der Waals surface area contributed by atoms with Gasteiger partial charge in [-0.15, -0.1) is 11.8 Å². The second kappa shape index (κ2) is 10.1. The number of nitro groups is 1. The Morgan fingerprint density at radius 2 is 1.86 bits per heavy atom. The van der Waals surface area contributed by atoms with Crippen LogP contribution in [-0.4, -0.2) is 43.6 Å². The van der Waals surface area contributed by atoms with Crippen LogP contribution in [0.15, 0.2) is 52.3 Å². The summed E-state index contributed by atoms with van der Waals surface area (Å²) in [5.41, 5.74) is -0.0175. The summed E-state index contributed by atoms with van der Waals surface area (Å²) in [6.45, 7) is 6.72. The molecule has 28 heavy (non-hydrogen) atoms. The van der Waals surface area contributed by atoms with E-state index in [9.17, 15) is 18.5 Å². The van der Waals surface area contributed by atoms with E-state index in [0.717, 1.165) is 25.7 Å². The SMILES string of the molecule is CCN(CC)CCSc1ccc(S(=O)(=O)Nc2ccccc2Cl)cc1[N+](=O)[O-]. The van der Waals surface area contributed by atoms with Crippen molar-refractivity contribution in [3.63, 3.8) is 0 Å². The molecular weight excluding hydrogens is 422 g/mol. The Hall–Kier alpha value is -1.81. The highest BCUT2D eigenvalue weighted by Gasteiger charge is 2.22. The highest BCUT2D eigenvalue weighted by Crippen LogP contribution is 2.32. The van der Waals surface area contributed by atoms with Gasteiger partial charge < -0.3 is 4.90 Å². The number of para-hydroxylation sites is 1. The molecule has 0 aliphatic carbocycles. The normalized spacial score (nSPS) is 11.6. The number of hydrogen-bond donors (Lipinski definition) is 1. The fourth-order valence-electron chi connectivity index (χ4n) is 2.50. The molecule has 0 radical (unpaired) electrons. The van der Waals surface area contributed by atoms with E-state index in [1.165, 1.54) is 30.0 Å². The van der Waals surface area contributed by atoms with Gasteiger partial charge in [-0.1, -0.05) is 37.6 Å². The number of halogens is 1. The van der Waals surface area contributed by atoms with Gasteiger partial charge in [-0.3, -0.25) is 14.8 Å². The number of nitrogens with zero attached hydrogens (tertiary/aromatic N) is 2. The van der Waals surface area contributed by atoms with Gasteiger partial charge in [-0.05, 0) is 37.4 Å². The second-order valence-electron chi connectivity index (χ2n) is 5.85. The molecule has 0 aliphatic rings. The smallest absolute Gasteiger partial charge is 0.284 e. The zero-order chi connectivity index (χ0) is 20.7. The van der Waals surface area contributed by atoms with Gasteiger partial charge in [0.25, 0.3) is 15.7 Å². The van der Waals surface area contributed by atoms with E-state index in [2.05, 4.69) is 23.5 Å². The van der Waals surface area contributed by atoms with Crippen molar-refractivity contribution in [3.8, 4) is 0 Å². The number of sulfonamides is 1. The monoisotopic (exact) mass is 443 g/mol. The van der Waals surface area contributed by atoms with Crippen LogP contribution >= 0.6 is 23.4 Å². The summed E-state index contributed by atoms with van der Waals surface area (Å²) < 4.78 is 27.6. The molecule has 10 heteroatoms. The van der Waals surface area contributed by atoms with Crippen molar-refractivity contribution in [1.82, 2.24) is 4.90 Å². The number of anilines is 1. The lowest BCUT2D eigenvalue weighted by molar-refractivity contribution is -0.388. The summed E-state index contributed by atoms with van der Waals surface area (Å²) in [7, 11) is -4.01. The van der Waals surface area contributed by atoms with Crippen molar-refractivity contribution in [3.05, 3.63) is 57.6 Å². The number of nitro benzene ring substituents is 1. The Morgan fingerprint density at radius 1 is 1.18 bits per heavy atom. The van der Waals surface area contributed by atoms with Crippen molar-refractivity contribution in [2.45, 2.75) is 23.6 Å². The van der Waals surface area contributed by atoms with Gasteiger partial charge in [0.05, 0.1) is 25.4 Å². The predicted octanol–water partition coefficient (Wildman–Crippen LogP) is 4.48. The summed E-state index contributed by atoms with van der Waals surface area (Å²) in [6.07, 6.45) is 0. The molecule has 0 aromatic heterocycles. The molecular formula is C18H22ClN3O4S2. The zero-order valence-electron chi connectivity index (χ0n) is 15.6. The van der Waals surface area contributed by atoms with Crippen LogP contribution in [0.5, 0.6) is 0 Å². The lowest BCUT2D eigenvalue weighted by Crippen LogP contribution is -2.25. The molecule has 0 atom stereocenters. The first-order chi connectivity index (χ1) is 13.3. The topological polar surface area (TPSA) is 92.6 Å². The maximum absolute atomic E-state index is 12.6. The zero-order valence-corrected chi connectivity index (χ0v) is 18.0. The molecule has 2 aromatic rings. The summed E-state index contributed by atoms with van der Waals surface area (Å²) in [5.74, 6) is 0.673. The third-order valence-corrected chi connectivity index (χ3v) is 6.85. The quantitative estimate of drug-likeness (QED) is 0.330. The fourth-order valence-corrected chi connectivity index (χ4v) is 4.85. The molecule has 0 spiro atoms. The van der Waals surface area contributed by atoms with E-state index in [1.54, 1.807) is 18.2 Å². The fraction of sp³-hybridized carbons (Fsp3) is 0.333. The van der Waals surface area contributed by atoms with Gasteiger partial charge in [0.2, 0.25) is 0 Å². The van der Waals surface area contributed by atoms with Crippen molar-refractivity contribution in [1.29, 1.82) is 0 Å². The van der Waals surface area contributed by atoms with Crippen LogP contribution in [0, 0.1) is 10.1 Å². The minimum Gasteiger partial charge on any atom is -0.303 e. The standard InChI is InChI=1S/C18H22ClN3O4S2/c1-3-21(4-2)11-12-27-18-10-9-14(13-17(18)22(23)24)28(25,26)20-16-8-6-5-7-15(16)19/h5-10,13,20H,3-4,11-12H2,1-2H3. The largest absolute Gasteiger partial charge is 0.303 e. The summed E-state index contributed by atoms with van der Waals surface area (Å²) in [6, 6.07) is 10.3. The predicted molar refractivity (Wildman–Crippen MR) is 114 cm³/mol.